The minimum Gasteiger partial charge on any atom is -0.468 e. The Morgan fingerprint density at radius 3 is 2.97 bits per heavy atom. The van der Waals surface area contributed by atoms with Crippen molar-refractivity contribution in [1.82, 2.24) is 15.1 Å². The van der Waals surface area contributed by atoms with E-state index in [1.165, 1.54) is 10.7 Å². The van der Waals surface area contributed by atoms with E-state index in [1.54, 1.807) is 30.2 Å². The summed E-state index contributed by atoms with van der Waals surface area (Å²) in [6.07, 6.45) is 3.40. The van der Waals surface area contributed by atoms with Crippen LogP contribution in [0.1, 0.15) is 24.2 Å². The number of rotatable bonds is 8. The third kappa shape index (κ3) is 6.00. The van der Waals surface area contributed by atoms with Gasteiger partial charge in [0.2, 0.25) is 5.91 Å². The summed E-state index contributed by atoms with van der Waals surface area (Å²) < 4.78 is 6.68. The first kappa shape index (κ1) is 23.4. The van der Waals surface area contributed by atoms with Crippen molar-refractivity contribution in [2.75, 3.05) is 30.3 Å². The number of thioether (sulfide) groups is 1. The number of carbonyl (C=O) groups is 1. The number of hydrogen-bond acceptors (Lipinski definition) is 6. The molecule has 0 spiro atoms. The van der Waals surface area contributed by atoms with Gasteiger partial charge in [0.05, 0.1) is 23.6 Å². The summed E-state index contributed by atoms with van der Waals surface area (Å²) in [5.41, 5.74) is 1.33. The summed E-state index contributed by atoms with van der Waals surface area (Å²) in [5, 5.41) is 8.21. The summed E-state index contributed by atoms with van der Waals surface area (Å²) in [4.78, 5) is 27.2. The largest absolute Gasteiger partial charge is 0.468 e. The second-order valence-corrected chi connectivity index (χ2v) is 9.60. The van der Waals surface area contributed by atoms with Crippen LogP contribution in [0, 0.1) is 12.8 Å². The maximum Gasteiger partial charge on any atom is 0.271 e. The van der Waals surface area contributed by atoms with Crippen molar-refractivity contribution in [3.63, 3.8) is 0 Å². The first-order valence-corrected chi connectivity index (χ1v) is 12.5. The second kappa shape index (κ2) is 10.9. The van der Waals surface area contributed by atoms with E-state index in [2.05, 4.69) is 15.3 Å². The Kier molecular flexibility index (Phi) is 7.77. The molecule has 1 fully saturated rings. The highest BCUT2D eigenvalue weighted by molar-refractivity contribution is 7.98. The maximum absolute atomic E-state index is 12.7. The molecular weight excluding hydrogens is 460 g/mol. The lowest BCUT2D eigenvalue weighted by Crippen LogP contribution is -2.44. The molecule has 3 aromatic rings. The summed E-state index contributed by atoms with van der Waals surface area (Å²) in [6.45, 7) is 3.90. The predicted molar refractivity (Wildman–Crippen MR) is 132 cm³/mol. The molecule has 0 bridgehead atoms. The van der Waals surface area contributed by atoms with E-state index in [-0.39, 0.29) is 17.4 Å². The van der Waals surface area contributed by atoms with Gasteiger partial charge in [0.1, 0.15) is 11.6 Å². The molecule has 1 aliphatic rings. The van der Waals surface area contributed by atoms with Crippen LogP contribution in [-0.4, -0.2) is 41.1 Å². The average molecular weight is 487 g/mol. The quantitative estimate of drug-likeness (QED) is 0.484. The van der Waals surface area contributed by atoms with Crippen LogP contribution in [-0.2, 0) is 10.5 Å². The van der Waals surface area contributed by atoms with Crippen LogP contribution in [0.2, 0.25) is 5.02 Å². The number of hydrogen-bond donors (Lipinski definition) is 1. The van der Waals surface area contributed by atoms with Gasteiger partial charge >= 0.3 is 0 Å². The molecule has 7 nitrogen and oxygen atoms in total. The molecule has 1 aliphatic heterocycles. The van der Waals surface area contributed by atoms with Crippen molar-refractivity contribution in [3.05, 3.63) is 75.4 Å². The zero-order valence-corrected chi connectivity index (χ0v) is 20.1. The van der Waals surface area contributed by atoms with E-state index in [4.69, 9.17) is 16.0 Å². The number of amides is 1. The Hall–Kier alpha value is -2.71. The molecule has 0 radical (unpaired) electrons. The van der Waals surface area contributed by atoms with E-state index in [1.807, 2.05) is 31.2 Å². The van der Waals surface area contributed by atoms with E-state index in [0.717, 1.165) is 42.2 Å². The summed E-state index contributed by atoms with van der Waals surface area (Å²) in [6, 6.07) is 12.5. The molecule has 3 heterocycles. The number of halogens is 1. The topological polar surface area (TPSA) is 80.4 Å². The average Bonchev–Trinajstić information content (AvgIpc) is 3.34. The molecule has 1 unspecified atom stereocenters. The molecule has 1 atom stereocenters. The van der Waals surface area contributed by atoms with Crippen LogP contribution >= 0.6 is 23.4 Å². The van der Waals surface area contributed by atoms with Gasteiger partial charge in [-0.25, -0.2) is 0 Å². The van der Waals surface area contributed by atoms with Crippen LogP contribution < -0.4 is 15.8 Å². The number of aryl methyl sites for hydroxylation is 1. The van der Waals surface area contributed by atoms with Crippen LogP contribution in [0.3, 0.4) is 0 Å². The smallest absolute Gasteiger partial charge is 0.271 e. The van der Waals surface area contributed by atoms with Gasteiger partial charge in [-0.2, -0.15) is 16.4 Å². The highest BCUT2D eigenvalue weighted by Gasteiger charge is 2.26. The highest BCUT2D eigenvalue weighted by atomic mass is 35.5. The standard InChI is InChI=1S/C24H27ClN4O3S/c1-17-6-7-19(14-21(17)25)29-23(30)9-8-22(27-29)28-11-2-4-18(15-28)24(31)26-10-13-33-16-20-5-3-12-32-20/h3,5-9,12,14,18H,2,4,10-11,13,15-16H2,1H3,(H,26,31). The third-order valence-electron chi connectivity index (χ3n) is 5.67. The third-order valence-corrected chi connectivity index (χ3v) is 7.06. The number of anilines is 1. The molecule has 4 rings (SSSR count). The molecule has 9 heteroatoms. The summed E-state index contributed by atoms with van der Waals surface area (Å²) >= 11 is 7.97. The van der Waals surface area contributed by atoms with Crippen LogP contribution in [0.25, 0.3) is 5.69 Å². The molecule has 33 heavy (non-hydrogen) atoms. The van der Waals surface area contributed by atoms with Gasteiger partial charge < -0.3 is 14.6 Å². The van der Waals surface area contributed by atoms with Gasteiger partial charge in [-0.05, 0) is 55.7 Å². The fourth-order valence-corrected chi connectivity index (χ4v) is 4.76. The van der Waals surface area contributed by atoms with Gasteiger partial charge in [-0.1, -0.05) is 17.7 Å². The van der Waals surface area contributed by atoms with Gasteiger partial charge in [0, 0.05) is 36.5 Å². The minimum atomic E-state index is -0.225. The monoisotopic (exact) mass is 486 g/mol. The van der Waals surface area contributed by atoms with E-state index in [0.29, 0.717) is 29.6 Å². The Balaban J connectivity index is 1.35. The number of aromatic nitrogens is 2. The summed E-state index contributed by atoms with van der Waals surface area (Å²) in [7, 11) is 0. The van der Waals surface area contributed by atoms with Crippen molar-refractivity contribution >= 4 is 35.1 Å². The van der Waals surface area contributed by atoms with Crippen LogP contribution in [0.15, 0.2) is 57.9 Å². The number of piperidine rings is 1. The first-order valence-electron chi connectivity index (χ1n) is 11.0. The molecule has 1 saturated heterocycles. The van der Waals surface area contributed by atoms with E-state index in [9.17, 15) is 9.59 Å². The van der Waals surface area contributed by atoms with Crippen LogP contribution in [0.4, 0.5) is 5.82 Å². The number of benzene rings is 1. The molecule has 1 aromatic carbocycles. The maximum atomic E-state index is 12.7. The van der Waals surface area contributed by atoms with Crippen molar-refractivity contribution in [3.8, 4) is 5.69 Å². The number of nitrogens with one attached hydrogen (secondary N) is 1. The van der Waals surface area contributed by atoms with Gasteiger partial charge in [0.25, 0.3) is 5.56 Å². The Morgan fingerprint density at radius 2 is 2.18 bits per heavy atom. The highest BCUT2D eigenvalue weighted by Crippen LogP contribution is 2.23. The molecule has 1 N–H and O–H groups in total. The summed E-state index contributed by atoms with van der Waals surface area (Å²) in [5.74, 6) is 3.21. The fraction of sp³-hybridized carbons (Fsp3) is 0.375. The lowest BCUT2D eigenvalue weighted by Gasteiger charge is -2.33. The lowest BCUT2D eigenvalue weighted by molar-refractivity contribution is -0.125. The fourth-order valence-electron chi connectivity index (χ4n) is 3.83. The van der Waals surface area contributed by atoms with E-state index < -0.39 is 0 Å². The van der Waals surface area contributed by atoms with Crippen molar-refractivity contribution in [2.45, 2.75) is 25.5 Å². The molecular formula is C24H27ClN4O3S. The molecule has 0 aliphatic carbocycles. The number of furan rings is 1. The predicted octanol–water partition coefficient (Wildman–Crippen LogP) is 4.05. The van der Waals surface area contributed by atoms with E-state index >= 15 is 0 Å². The zero-order chi connectivity index (χ0) is 23.2. The first-order chi connectivity index (χ1) is 16.0. The number of nitrogens with zero attached hydrogens (tertiary/aromatic N) is 3. The SMILES string of the molecule is Cc1ccc(-n2nc(N3CCCC(C(=O)NCCSCc4ccco4)C3)ccc2=O)cc1Cl. The normalized spacial score (nSPS) is 16.1. The zero-order valence-electron chi connectivity index (χ0n) is 18.5. The molecule has 2 aromatic heterocycles. The Bertz CT molecular complexity index is 1150. The van der Waals surface area contributed by atoms with Crippen molar-refractivity contribution in [1.29, 1.82) is 0 Å². The van der Waals surface area contributed by atoms with Gasteiger partial charge in [-0.15, -0.1) is 5.10 Å². The molecule has 0 saturated carbocycles. The Morgan fingerprint density at radius 1 is 1.30 bits per heavy atom. The molecule has 174 valence electrons. The van der Waals surface area contributed by atoms with Crippen molar-refractivity contribution in [2.24, 2.45) is 5.92 Å². The van der Waals surface area contributed by atoms with Crippen LogP contribution in [0.5, 0.6) is 0 Å². The number of carbonyl (C=O) groups excluding carboxylic acids is 1. The van der Waals surface area contributed by atoms with Crippen molar-refractivity contribution < 1.29 is 9.21 Å². The van der Waals surface area contributed by atoms with Gasteiger partial charge in [-0.3, -0.25) is 9.59 Å². The Labute approximate surface area is 202 Å². The minimum absolute atomic E-state index is 0.0666. The second-order valence-electron chi connectivity index (χ2n) is 8.08. The van der Waals surface area contributed by atoms with Gasteiger partial charge in [0.15, 0.2) is 0 Å². The lowest BCUT2D eigenvalue weighted by atomic mass is 9.97. The molecule has 1 amide bonds.